The van der Waals surface area contributed by atoms with E-state index >= 15 is 0 Å². The maximum Gasteiger partial charge on any atom is 0.123 e. The molecule has 0 spiro atoms. The maximum atomic E-state index is 5.93. The largest absolute Gasteiger partial charge is 0.497 e. The second kappa shape index (κ2) is 7.81. The number of alkyl halides is 1. The van der Waals surface area contributed by atoms with Gasteiger partial charge in [0.1, 0.15) is 11.5 Å². The van der Waals surface area contributed by atoms with E-state index in [4.69, 9.17) is 21.1 Å². The highest BCUT2D eigenvalue weighted by Crippen LogP contribution is 2.25. The third-order valence-electron chi connectivity index (χ3n) is 3.12. The third kappa shape index (κ3) is 4.17. The molecule has 2 rings (SSSR count). The number of benzene rings is 2. The monoisotopic (exact) mass is 290 g/mol. The fraction of sp³-hybridized carbons (Fsp3) is 0.294. The molecule has 0 aromatic heterocycles. The Hall–Kier alpha value is -1.67. The van der Waals surface area contributed by atoms with Gasteiger partial charge >= 0.3 is 0 Å². The molecule has 0 atom stereocenters. The molecule has 106 valence electrons. The molecule has 0 aliphatic carbocycles. The molecule has 0 heterocycles. The Kier molecular flexibility index (Phi) is 5.75. The van der Waals surface area contributed by atoms with Gasteiger partial charge in [0.25, 0.3) is 0 Å². The molecule has 2 aromatic carbocycles. The van der Waals surface area contributed by atoms with Crippen LogP contribution in [0.1, 0.15) is 17.5 Å². The number of halogens is 1. The van der Waals surface area contributed by atoms with Crippen molar-refractivity contribution in [1.29, 1.82) is 0 Å². The van der Waals surface area contributed by atoms with Crippen LogP contribution in [0, 0.1) is 0 Å². The minimum atomic E-state index is 0.422. The van der Waals surface area contributed by atoms with Crippen LogP contribution in [0.2, 0.25) is 0 Å². The molecular weight excluding hydrogens is 272 g/mol. The average Bonchev–Trinajstić information content (AvgIpc) is 2.52. The van der Waals surface area contributed by atoms with E-state index in [2.05, 4.69) is 24.3 Å². The van der Waals surface area contributed by atoms with Gasteiger partial charge in [-0.05, 0) is 36.6 Å². The van der Waals surface area contributed by atoms with E-state index in [9.17, 15) is 0 Å². The van der Waals surface area contributed by atoms with Crippen LogP contribution in [0.15, 0.2) is 48.5 Å². The molecular formula is C17H19ClO2. The van der Waals surface area contributed by atoms with Crippen molar-refractivity contribution in [2.75, 3.05) is 13.7 Å². The van der Waals surface area contributed by atoms with Gasteiger partial charge in [-0.25, -0.2) is 0 Å². The second-order valence-corrected chi connectivity index (χ2v) is 4.81. The number of ether oxygens (including phenoxy) is 2. The number of hydrogen-bond acceptors (Lipinski definition) is 2. The first-order valence-corrected chi connectivity index (χ1v) is 7.26. The van der Waals surface area contributed by atoms with Crippen LogP contribution >= 0.6 is 11.6 Å². The van der Waals surface area contributed by atoms with Crippen molar-refractivity contribution in [3.05, 3.63) is 59.7 Å². The zero-order valence-corrected chi connectivity index (χ0v) is 12.4. The molecule has 0 saturated heterocycles. The molecule has 3 heteroatoms. The molecule has 0 saturated carbocycles. The summed E-state index contributed by atoms with van der Waals surface area (Å²) >= 11 is 5.93. The van der Waals surface area contributed by atoms with Crippen LogP contribution in [-0.4, -0.2) is 13.7 Å². The Morgan fingerprint density at radius 2 is 1.85 bits per heavy atom. The molecule has 0 bridgehead atoms. The summed E-state index contributed by atoms with van der Waals surface area (Å²) in [5.41, 5.74) is 2.30. The molecule has 0 radical (unpaired) electrons. The normalized spacial score (nSPS) is 10.3. The van der Waals surface area contributed by atoms with E-state index in [1.54, 1.807) is 7.11 Å². The fourth-order valence-corrected chi connectivity index (χ4v) is 2.24. The highest BCUT2D eigenvalue weighted by Gasteiger charge is 2.04. The lowest BCUT2D eigenvalue weighted by Crippen LogP contribution is -2.01. The summed E-state index contributed by atoms with van der Waals surface area (Å²) in [4.78, 5) is 0. The first kappa shape index (κ1) is 14.7. The SMILES string of the molecule is COc1ccc(OCCCc2ccccc2)c(CCl)c1. The summed E-state index contributed by atoms with van der Waals surface area (Å²) in [7, 11) is 1.65. The zero-order chi connectivity index (χ0) is 14.2. The van der Waals surface area contributed by atoms with Crippen molar-refractivity contribution >= 4 is 11.6 Å². The smallest absolute Gasteiger partial charge is 0.123 e. The van der Waals surface area contributed by atoms with Gasteiger partial charge in [0.2, 0.25) is 0 Å². The van der Waals surface area contributed by atoms with Crippen molar-refractivity contribution in [3.63, 3.8) is 0 Å². The molecule has 0 aliphatic heterocycles. The predicted molar refractivity (Wildman–Crippen MR) is 82.8 cm³/mol. The lowest BCUT2D eigenvalue weighted by Gasteiger charge is -2.11. The molecule has 0 unspecified atom stereocenters. The maximum absolute atomic E-state index is 5.93. The quantitative estimate of drug-likeness (QED) is 0.554. The van der Waals surface area contributed by atoms with Crippen LogP contribution in [-0.2, 0) is 12.3 Å². The highest BCUT2D eigenvalue weighted by atomic mass is 35.5. The van der Waals surface area contributed by atoms with E-state index < -0.39 is 0 Å². The highest BCUT2D eigenvalue weighted by molar-refractivity contribution is 6.17. The van der Waals surface area contributed by atoms with E-state index in [1.165, 1.54) is 5.56 Å². The molecule has 2 aromatic rings. The van der Waals surface area contributed by atoms with E-state index in [0.717, 1.165) is 29.9 Å². The van der Waals surface area contributed by atoms with Crippen LogP contribution in [0.4, 0.5) is 0 Å². The molecule has 0 aliphatic rings. The zero-order valence-electron chi connectivity index (χ0n) is 11.6. The van der Waals surface area contributed by atoms with Gasteiger partial charge in [-0.2, -0.15) is 0 Å². The third-order valence-corrected chi connectivity index (χ3v) is 3.41. The van der Waals surface area contributed by atoms with E-state index in [0.29, 0.717) is 12.5 Å². The summed E-state index contributed by atoms with van der Waals surface area (Å²) in [6.07, 6.45) is 2.00. The molecule has 0 amide bonds. The van der Waals surface area contributed by atoms with Gasteiger partial charge in [-0.3, -0.25) is 0 Å². The van der Waals surface area contributed by atoms with Crippen molar-refractivity contribution in [2.45, 2.75) is 18.7 Å². The molecule has 20 heavy (non-hydrogen) atoms. The standard InChI is InChI=1S/C17H19ClO2/c1-19-16-9-10-17(15(12-16)13-18)20-11-5-8-14-6-3-2-4-7-14/h2-4,6-7,9-10,12H,5,8,11,13H2,1H3. The molecule has 0 fully saturated rings. The number of hydrogen-bond donors (Lipinski definition) is 0. The Labute approximate surface area is 125 Å². The van der Waals surface area contributed by atoms with E-state index in [-0.39, 0.29) is 0 Å². The minimum Gasteiger partial charge on any atom is -0.497 e. The number of aryl methyl sites for hydroxylation is 1. The Bertz CT molecular complexity index is 526. The van der Waals surface area contributed by atoms with Crippen LogP contribution in [0.5, 0.6) is 11.5 Å². The van der Waals surface area contributed by atoms with Crippen LogP contribution in [0.25, 0.3) is 0 Å². The Morgan fingerprint density at radius 3 is 2.55 bits per heavy atom. The first-order valence-electron chi connectivity index (χ1n) is 6.73. The summed E-state index contributed by atoms with van der Waals surface area (Å²) in [5, 5.41) is 0. The van der Waals surface area contributed by atoms with Gasteiger partial charge in [0.15, 0.2) is 0 Å². The summed E-state index contributed by atoms with van der Waals surface area (Å²) in [6.45, 7) is 0.686. The lowest BCUT2D eigenvalue weighted by atomic mass is 10.1. The second-order valence-electron chi connectivity index (χ2n) is 4.54. The van der Waals surface area contributed by atoms with Gasteiger partial charge in [-0.15, -0.1) is 11.6 Å². The first-order chi connectivity index (χ1) is 9.83. The van der Waals surface area contributed by atoms with E-state index in [1.807, 2.05) is 24.3 Å². The summed E-state index contributed by atoms with van der Waals surface area (Å²) < 4.78 is 11.0. The van der Waals surface area contributed by atoms with Gasteiger partial charge < -0.3 is 9.47 Å². The van der Waals surface area contributed by atoms with Crippen molar-refractivity contribution in [1.82, 2.24) is 0 Å². The van der Waals surface area contributed by atoms with Gasteiger partial charge in [-0.1, -0.05) is 30.3 Å². The minimum absolute atomic E-state index is 0.422. The van der Waals surface area contributed by atoms with Crippen molar-refractivity contribution in [2.24, 2.45) is 0 Å². The number of rotatable bonds is 7. The number of methoxy groups -OCH3 is 1. The topological polar surface area (TPSA) is 18.5 Å². The predicted octanol–water partition coefficient (Wildman–Crippen LogP) is 4.45. The Morgan fingerprint density at radius 1 is 1.05 bits per heavy atom. The molecule has 2 nitrogen and oxygen atoms in total. The van der Waals surface area contributed by atoms with Crippen LogP contribution in [0.3, 0.4) is 0 Å². The van der Waals surface area contributed by atoms with Crippen molar-refractivity contribution < 1.29 is 9.47 Å². The van der Waals surface area contributed by atoms with Crippen LogP contribution < -0.4 is 9.47 Å². The summed E-state index contributed by atoms with van der Waals surface area (Å²) in [5.74, 6) is 2.07. The van der Waals surface area contributed by atoms with Gasteiger partial charge in [0.05, 0.1) is 19.6 Å². The molecule has 0 N–H and O–H groups in total. The van der Waals surface area contributed by atoms with Gasteiger partial charge in [0, 0.05) is 5.56 Å². The lowest BCUT2D eigenvalue weighted by molar-refractivity contribution is 0.308. The average molecular weight is 291 g/mol. The van der Waals surface area contributed by atoms with Crippen molar-refractivity contribution in [3.8, 4) is 11.5 Å². The Balaban J connectivity index is 1.85. The fourth-order valence-electron chi connectivity index (χ4n) is 2.03. The summed E-state index contributed by atoms with van der Waals surface area (Å²) in [6, 6.07) is 16.1.